The van der Waals surface area contributed by atoms with Gasteiger partial charge in [0, 0.05) is 18.3 Å². The van der Waals surface area contributed by atoms with Gasteiger partial charge in [-0.3, -0.25) is 9.48 Å². The fourth-order valence-electron chi connectivity index (χ4n) is 1.78. The SMILES string of the molecule is CCn1cc(C(=O)c2ccc(C)c(OC)c2)cn1. The third-order valence-corrected chi connectivity index (χ3v) is 2.89. The number of ether oxygens (including phenoxy) is 1. The lowest BCUT2D eigenvalue weighted by molar-refractivity contribution is 0.103. The van der Waals surface area contributed by atoms with E-state index in [1.165, 1.54) is 0 Å². The summed E-state index contributed by atoms with van der Waals surface area (Å²) in [4.78, 5) is 12.2. The van der Waals surface area contributed by atoms with Crippen LogP contribution in [0.4, 0.5) is 0 Å². The first kappa shape index (κ1) is 12.4. The van der Waals surface area contributed by atoms with Crippen LogP contribution in [0.25, 0.3) is 0 Å². The number of hydrogen-bond acceptors (Lipinski definition) is 3. The second kappa shape index (κ2) is 5.04. The monoisotopic (exact) mass is 244 g/mol. The zero-order valence-electron chi connectivity index (χ0n) is 10.8. The molecule has 0 atom stereocenters. The molecule has 0 amide bonds. The van der Waals surface area contributed by atoms with E-state index < -0.39 is 0 Å². The van der Waals surface area contributed by atoms with Crippen LogP contribution in [0.15, 0.2) is 30.6 Å². The summed E-state index contributed by atoms with van der Waals surface area (Å²) in [6.45, 7) is 4.68. The summed E-state index contributed by atoms with van der Waals surface area (Å²) in [5.74, 6) is 0.691. The van der Waals surface area contributed by atoms with Gasteiger partial charge in [-0.15, -0.1) is 0 Å². The number of hydrogen-bond donors (Lipinski definition) is 0. The molecule has 18 heavy (non-hydrogen) atoms. The van der Waals surface area contributed by atoms with Gasteiger partial charge >= 0.3 is 0 Å². The van der Waals surface area contributed by atoms with Crippen molar-refractivity contribution in [1.29, 1.82) is 0 Å². The molecule has 0 spiro atoms. The second-order valence-corrected chi connectivity index (χ2v) is 4.10. The van der Waals surface area contributed by atoms with Crippen molar-refractivity contribution in [3.8, 4) is 5.75 Å². The summed E-state index contributed by atoms with van der Waals surface area (Å²) in [5, 5.41) is 4.11. The van der Waals surface area contributed by atoms with Crippen molar-refractivity contribution >= 4 is 5.78 Å². The second-order valence-electron chi connectivity index (χ2n) is 4.10. The van der Waals surface area contributed by atoms with Gasteiger partial charge < -0.3 is 4.74 Å². The number of aryl methyl sites for hydroxylation is 2. The van der Waals surface area contributed by atoms with Crippen LogP contribution in [-0.4, -0.2) is 22.7 Å². The van der Waals surface area contributed by atoms with Crippen molar-refractivity contribution in [3.05, 3.63) is 47.3 Å². The number of aromatic nitrogens is 2. The molecular weight excluding hydrogens is 228 g/mol. The number of carbonyl (C=O) groups is 1. The lowest BCUT2D eigenvalue weighted by atomic mass is 10.0. The molecule has 0 aliphatic carbocycles. The van der Waals surface area contributed by atoms with Gasteiger partial charge in [0.25, 0.3) is 0 Å². The minimum absolute atomic E-state index is 0.0343. The number of benzene rings is 1. The highest BCUT2D eigenvalue weighted by Crippen LogP contribution is 2.20. The number of rotatable bonds is 4. The van der Waals surface area contributed by atoms with Crippen molar-refractivity contribution in [1.82, 2.24) is 9.78 Å². The summed E-state index contributed by atoms with van der Waals surface area (Å²) in [6.07, 6.45) is 3.35. The smallest absolute Gasteiger partial charge is 0.196 e. The molecular formula is C14H16N2O2. The Morgan fingerprint density at radius 3 is 2.78 bits per heavy atom. The Morgan fingerprint density at radius 1 is 1.39 bits per heavy atom. The van der Waals surface area contributed by atoms with Gasteiger partial charge in [0.05, 0.1) is 18.9 Å². The average Bonchev–Trinajstić information content (AvgIpc) is 2.87. The molecule has 1 heterocycles. The standard InChI is InChI=1S/C14H16N2O2/c1-4-16-9-12(8-15-16)14(17)11-6-5-10(2)13(7-11)18-3/h5-9H,4H2,1-3H3. The Kier molecular flexibility index (Phi) is 3.46. The first-order valence-corrected chi connectivity index (χ1v) is 5.87. The van der Waals surface area contributed by atoms with E-state index in [2.05, 4.69) is 5.10 Å². The highest BCUT2D eigenvalue weighted by atomic mass is 16.5. The predicted octanol–water partition coefficient (Wildman–Crippen LogP) is 2.45. The molecule has 0 aliphatic heterocycles. The molecule has 4 nitrogen and oxygen atoms in total. The van der Waals surface area contributed by atoms with E-state index >= 15 is 0 Å². The lowest BCUT2D eigenvalue weighted by Crippen LogP contribution is -2.01. The third-order valence-electron chi connectivity index (χ3n) is 2.89. The topological polar surface area (TPSA) is 44.1 Å². The fourth-order valence-corrected chi connectivity index (χ4v) is 1.78. The molecule has 0 fully saturated rings. The largest absolute Gasteiger partial charge is 0.496 e. The summed E-state index contributed by atoms with van der Waals surface area (Å²) in [7, 11) is 1.60. The Hall–Kier alpha value is -2.10. The lowest BCUT2D eigenvalue weighted by Gasteiger charge is -2.06. The Labute approximate surface area is 106 Å². The fraction of sp³-hybridized carbons (Fsp3) is 0.286. The summed E-state index contributed by atoms with van der Waals surface area (Å²) in [6, 6.07) is 5.46. The molecule has 94 valence electrons. The molecule has 0 saturated carbocycles. The van der Waals surface area contributed by atoms with Crippen LogP contribution >= 0.6 is 0 Å². The van der Waals surface area contributed by atoms with E-state index in [1.807, 2.05) is 26.0 Å². The highest BCUT2D eigenvalue weighted by molar-refractivity contribution is 6.08. The van der Waals surface area contributed by atoms with Gasteiger partial charge in [0.2, 0.25) is 0 Å². The molecule has 2 rings (SSSR count). The Bertz CT molecular complexity index is 573. The van der Waals surface area contributed by atoms with Crippen LogP contribution in [0.2, 0.25) is 0 Å². The number of methoxy groups -OCH3 is 1. The maximum atomic E-state index is 12.2. The molecule has 0 aliphatic rings. The molecule has 0 N–H and O–H groups in total. The average molecular weight is 244 g/mol. The summed E-state index contributed by atoms with van der Waals surface area (Å²) in [5.41, 5.74) is 2.23. The Morgan fingerprint density at radius 2 is 2.17 bits per heavy atom. The Balaban J connectivity index is 2.33. The van der Waals surface area contributed by atoms with E-state index in [4.69, 9.17) is 4.74 Å². The summed E-state index contributed by atoms with van der Waals surface area (Å²) < 4.78 is 6.96. The minimum Gasteiger partial charge on any atom is -0.496 e. The van der Waals surface area contributed by atoms with Crippen molar-refractivity contribution in [2.75, 3.05) is 7.11 Å². The molecule has 0 bridgehead atoms. The van der Waals surface area contributed by atoms with E-state index in [1.54, 1.807) is 30.3 Å². The van der Waals surface area contributed by atoms with Gasteiger partial charge in [0.15, 0.2) is 5.78 Å². The zero-order valence-corrected chi connectivity index (χ0v) is 10.8. The predicted molar refractivity (Wildman–Crippen MR) is 69.1 cm³/mol. The maximum absolute atomic E-state index is 12.2. The molecule has 2 aromatic rings. The summed E-state index contributed by atoms with van der Waals surface area (Å²) >= 11 is 0. The molecule has 1 aromatic carbocycles. The zero-order chi connectivity index (χ0) is 13.1. The van der Waals surface area contributed by atoms with Crippen molar-refractivity contribution < 1.29 is 9.53 Å². The van der Waals surface area contributed by atoms with Gasteiger partial charge in [-0.25, -0.2) is 0 Å². The first-order valence-electron chi connectivity index (χ1n) is 5.87. The van der Waals surface area contributed by atoms with Crippen molar-refractivity contribution in [2.45, 2.75) is 20.4 Å². The van der Waals surface area contributed by atoms with E-state index in [0.717, 1.165) is 17.9 Å². The third kappa shape index (κ3) is 2.27. The highest BCUT2D eigenvalue weighted by Gasteiger charge is 2.12. The van der Waals surface area contributed by atoms with Gasteiger partial charge in [-0.05, 0) is 25.5 Å². The van der Waals surface area contributed by atoms with Crippen LogP contribution in [0, 0.1) is 6.92 Å². The van der Waals surface area contributed by atoms with Crippen LogP contribution in [0.1, 0.15) is 28.4 Å². The number of nitrogens with zero attached hydrogens (tertiary/aromatic N) is 2. The van der Waals surface area contributed by atoms with E-state index in [-0.39, 0.29) is 5.78 Å². The van der Waals surface area contributed by atoms with E-state index in [9.17, 15) is 4.79 Å². The van der Waals surface area contributed by atoms with Crippen LogP contribution in [0.3, 0.4) is 0 Å². The molecule has 1 aromatic heterocycles. The first-order chi connectivity index (χ1) is 8.65. The van der Waals surface area contributed by atoms with Gasteiger partial charge in [0.1, 0.15) is 5.75 Å². The van der Waals surface area contributed by atoms with Crippen molar-refractivity contribution in [3.63, 3.8) is 0 Å². The molecule has 4 heteroatoms. The maximum Gasteiger partial charge on any atom is 0.196 e. The normalized spacial score (nSPS) is 10.4. The van der Waals surface area contributed by atoms with Crippen LogP contribution in [-0.2, 0) is 6.54 Å². The molecule has 0 radical (unpaired) electrons. The van der Waals surface area contributed by atoms with Gasteiger partial charge in [-0.1, -0.05) is 12.1 Å². The molecule has 0 unspecified atom stereocenters. The molecule has 0 saturated heterocycles. The number of carbonyl (C=O) groups excluding carboxylic acids is 1. The van der Waals surface area contributed by atoms with Crippen LogP contribution in [0.5, 0.6) is 5.75 Å². The number of ketones is 1. The minimum atomic E-state index is -0.0343. The van der Waals surface area contributed by atoms with E-state index in [0.29, 0.717) is 11.1 Å². The van der Waals surface area contributed by atoms with Crippen molar-refractivity contribution in [2.24, 2.45) is 0 Å². The van der Waals surface area contributed by atoms with Crippen LogP contribution < -0.4 is 4.74 Å². The van der Waals surface area contributed by atoms with Gasteiger partial charge in [-0.2, -0.15) is 5.10 Å². The quantitative estimate of drug-likeness (QED) is 0.776.